The Morgan fingerprint density at radius 1 is 0.939 bits per heavy atom. The number of hydrogen-bond donors (Lipinski definition) is 1. The number of nitrogens with zero attached hydrogens (tertiary/aromatic N) is 1. The van der Waals surface area contributed by atoms with E-state index in [1.54, 1.807) is 18.3 Å². The van der Waals surface area contributed by atoms with Crippen molar-refractivity contribution in [3.8, 4) is 11.5 Å². The molecule has 1 N–H and O–H groups in total. The van der Waals surface area contributed by atoms with Crippen LogP contribution in [0.2, 0.25) is 0 Å². The summed E-state index contributed by atoms with van der Waals surface area (Å²) in [5, 5.41) is 10.0. The van der Waals surface area contributed by atoms with Gasteiger partial charge in [0.1, 0.15) is 18.2 Å². The molecule has 1 heterocycles. The highest BCUT2D eigenvalue weighted by Gasteiger charge is 2.35. The van der Waals surface area contributed by atoms with E-state index in [-0.39, 0.29) is 17.7 Å². The molecule has 3 aromatic carbocycles. The first-order valence-corrected chi connectivity index (χ1v) is 10.1. The van der Waals surface area contributed by atoms with Crippen LogP contribution < -0.4 is 4.74 Å². The summed E-state index contributed by atoms with van der Waals surface area (Å²) in [6, 6.07) is 17.2. The smallest absolute Gasteiger partial charge is 0.419 e. The van der Waals surface area contributed by atoms with Gasteiger partial charge in [0, 0.05) is 29.2 Å². The fourth-order valence-electron chi connectivity index (χ4n) is 3.77. The van der Waals surface area contributed by atoms with E-state index in [4.69, 9.17) is 9.84 Å². The lowest BCUT2D eigenvalue weighted by molar-refractivity contribution is -0.139. The number of carboxylic acid groups (broad SMARTS) is 1. The maximum Gasteiger partial charge on any atom is 0.419 e. The summed E-state index contributed by atoms with van der Waals surface area (Å²) in [5.41, 5.74) is 1.19. The van der Waals surface area contributed by atoms with Crippen molar-refractivity contribution in [3.05, 3.63) is 95.2 Å². The van der Waals surface area contributed by atoms with Gasteiger partial charge in [0.2, 0.25) is 0 Å². The molecule has 0 spiro atoms. The number of halogens is 4. The monoisotopic (exact) mass is 457 g/mol. The molecule has 0 bridgehead atoms. The van der Waals surface area contributed by atoms with Crippen LogP contribution in [0.3, 0.4) is 0 Å². The van der Waals surface area contributed by atoms with Crippen LogP contribution in [0.1, 0.15) is 22.3 Å². The van der Waals surface area contributed by atoms with Gasteiger partial charge in [-0.05, 0) is 35.4 Å². The third kappa shape index (κ3) is 4.84. The first kappa shape index (κ1) is 22.4. The number of para-hydroxylation sites is 2. The molecule has 0 atom stereocenters. The van der Waals surface area contributed by atoms with Gasteiger partial charge in [-0.15, -0.1) is 0 Å². The number of aromatic nitrogens is 1. The van der Waals surface area contributed by atoms with Gasteiger partial charge in [0.25, 0.3) is 0 Å². The number of carboxylic acids is 1. The van der Waals surface area contributed by atoms with Gasteiger partial charge < -0.3 is 14.4 Å². The van der Waals surface area contributed by atoms with Crippen LogP contribution in [0.5, 0.6) is 11.5 Å². The van der Waals surface area contributed by atoms with E-state index in [0.29, 0.717) is 12.1 Å². The average molecular weight is 457 g/mol. The fraction of sp³-hybridized carbons (Fsp3) is 0.160. The maximum atomic E-state index is 13.3. The number of rotatable bonds is 7. The Morgan fingerprint density at radius 2 is 1.67 bits per heavy atom. The predicted octanol–water partition coefficient (Wildman–Crippen LogP) is 6.60. The molecule has 1 aromatic heterocycles. The molecule has 8 heteroatoms. The van der Waals surface area contributed by atoms with E-state index >= 15 is 0 Å². The van der Waals surface area contributed by atoms with Crippen molar-refractivity contribution in [2.45, 2.75) is 25.8 Å². The van der Waals surface area contributed by atoms with Gasteiger partial charge in [-0.3, -0.25) is 4.79 Å². The third-order valence-corrected chi connectivity index (χ3v) is 5.25. The van der Waals surface area contributed by atoms with E-state index in [2.05, 4.69) is 0 Å². The Kier molecular flexibility index (Phi) is 6.09. The van der Waals surface area contributed by atoms with E-state index in [0.717, 1.165) is 28.6 Å². The highest BCUT2D eigenvalue weighted by molar-refractivity contribution is 5.87. The first-order valence-electron chi connectivity index (χ1n) is 10.1. The number of carbonyl (C=O) groups is 1. The summed E-state index contributed by atoms with van der Waals surface area (Å²) < 4.78 is 60.7. The Hall–Kier alpha value is -3.81. The summed E-state index contributed by atoms with van der Waals surface area (Å²) in [7, 11) is 0. The number of ether oxygens (including phenoxy) is 1. The second-order valence-electron chi connectivity index (χ2n) is 7.54. The van der Waals surface area contributed by atoms with Gasteiger partial charge in [0.05, 0.1) is 12.0 Å². The van der Waals surface area contributed by atoms with Crippen molar-refractivity contribution < 1.29 is 32.2 Å². The minimum Gasteiger partial charge on any atom is -0.481 e. The summed E-state index contributed by atoms with van der Waals surface area (Å²) in [6.45, 7) is -0.661. The summed E-state index contributed by atoms with van der Waals surface area (Å²) in [4.78, 5) is 11.2. The van der Waals surface area contributed by atoms with Crippen molar-refractivity contribution in [2.24, 2.45) is 0 Å². The number of benzene rings is 3. The Bertz CT molecular complexity index is 1290. The number of fused-ring (bicyclic) bond motifs is 1. The van der Waals surface area contributed by atoms with Crippen LogP contribution in [0.4, 0.5) is 17.6 Å². The van der Waals surface area contributed by atoms with Gasteiger partial charge in [-0.2, -0.15) is 13.2 Å². The molecular weight excluding hydrogens is 438 g/mol. The predicted molar refractivity (Wildman–Crippen MR) is 115 cm³/mol. The molecule has 0 aliphatic carbocycles. The normalized spacial score (nSPS) is 11.6. The number of hydrogen-bond acceptors (Lipinski definition) is 2. The molecule has 170 valence electrons. The zero-order valence-electron chi connectivity index (χ0n) is 17.3. The molecule has 0 radical (unpaired) electrons. The summed E-state index contributed by atoms with van der Waals surface area (Å²) in [6.07, 6.45) is -2.99. The molecule has 0 amide bonds. The van der Waals surface area contributed by atoms with Crippen LogP contribution in [0, 0.1) is 0 Å². The topological polar surface area (TPSA) is 51.5 Å². The van der Waals surface area contributed by atoms with Crippen LogP contribution in [0.15, 0.2) is 72.9 Å². The van der Waals surface area contributed by atoms with Crippen molar-refractivity contribution in [1.82, 2.24) is 4.57 Å². The molecule has 0 aliphatic heterocycles. The number of aliphatic carboxylic acids is 1. The molecule has 0 saturated carbocycles. The Morgan fingerprint density at radius 3 is 2.33 bits per heavy atom. The molecule has 4 aromatic rings. The molecule has 33 heavy (non-hydrogen) atoms. The largest absolute Gasteiger partial charge is 0.481 e. The van der Waals surface area contributed by atoms with Crippen LogP contribution in [-0.2, 0) is 30.6 Å². The molecule has 0 saturated heterocycles. The lowest BCUT2D eigenvalue weighted by Gasteiger charge is -2.16. The van der Waals surface area contributed by atoms with Gasteiger partial charge in [-0.25, -0.2) is 4.39 Å². The molecule has 4 nitrogen and oxygen atoms in total. The molecular formula is C25H19F4NO3. The number of alkyl halides is 4. The highest BCUT2D eigenvalue weighted by Crippen LogP contribution is 2.40. The molecule has 4 rings (SSSR count). The van der Waals surface area contributed by atoms with Crippen LogP contribution in [0.25, 0.3) is 10.9 Å². The summed E-state index contributed by atoms with van der Waals surface area (Å²) >= 11 is 0. The molecule has 0 unspecified atom stereocenters. The van der Waals surface area contributed by atoms with E-state index in [1.165, 1.54) is 18.2 Å². The van der Waals surface area contributed by atoms with Gasteiger partial charge >= 0.3 is 12.1 Å². The summed E-state index contributed by atoms with van der Waals surface area (Å²) in [5.74, 6) is -1.32. The lowest BCUT2D eigenvalue weighted by atomic mass is 10.1. The standard InChI is InChI=1S/C25H19F4NO3/c26-13-17-4-3-6-21(25(27,28)29)24(17)33-19-10-8-16(9-11-19)14-30-15-18(12-23(31)32)20-5-1-2-7-22(20)30/h1-11,15H,12-14H2,(H,31,32). The van der Waals surface area contributed by atoms with Crippen LogP contribution >= 0.6 is 0 Å². The van der Waals surface area contributed by atoms with Crippen molar-refractivity contribution in [3.63, 3.8) is 0 Å². The second kappa shape index (κ2) is 8.97. The second-order valence-corrected chi connectivity index (χ2v) is 7.54. The van der Waals surface area contributed by atoms with Crippen molar-refractivity contribution in [2.75, 3.05) is 0 Å². The van der Waals surface area contributed by atoms with Crippen molar-refractivity contribution in [1.29, 1.82) is 0 Å². The van der Waals surface area contributed by atoms with Crippen molar-refractivity contribution >= 4 is 16.9 Å². The van der Waals surface area contributed by atoms with E-state index in [1.807, 2.05) is 28.8 Å². The Labute approximate surface area is 186 Å². The third-order valence-electron chi connectivity index (χ3n) is 5.25. The molecule has 0 aliphatic rings. The lowest BCUT2D eigenvalue weighted by Crippen LogP contribution is -2.08. The SMILES string of the molecule is O=C(O)Cc1cn(Cc2ccc(Oc3c(CF)cccc3C(F)(F)F)cc2)c2ccccc12. The van der Waals surface area contributed by atoms with E-state index < -0.39 is 30.1 Å². The fourth-order valence-corrected chi connectivity index (χ4v) is 3.77. The zero-order chi connectivity index (χ0) is 23.6. The quantitative estimate of drug-likeness (QED) is 0.318. The maximum absolute atomic E-state index is 13.3. The Balaban J connectivity index is 1.59. The zero-order valence-corrected chi connectivity index (χ0v) is 17.3. The molecule has 0 fully saturated rings. The van der Waals surface area contributed by atoms with Gasteiger partial charge in [0.15, 0.2) is 0 Å². The minimum absolute atomic E-state index is 0.101. The first-order chi connectivity index (χ1) is 15.8. The minimum atomic E-state index is -4.68. The van der Waals surface area contributed by atoms with E-state index in [9.17, 15) is 22.4 Å². The average Bonchev–Trinajstić information content (AvgIpc) is 3.11. The van der Waals surface area contributed by atoms with Crippen LogP contribution in [-0.4, -0.2) is 15.6 Å². The highest BCUT2D eigenvalue weighted by atomic mass is 19.4. The van der Waals surface area contributed by atoms with Gasteiger partial charge in [-0.1, -0.05) is 42.5 Å².